The number of rotatable bonds is 2. The van der Waals surface area contributed by atoms with Gasteiger partial charge in [0.05, 0.1) is 10.7 Å². The fraction of sp³-hybridized carbons (Fsp3) is 0.0769. The van der Waals surface area contributed by atoms with Gasteiger partial charge in [0.15, 0.2) is 0 Å². The molecule has 0 aliphatic rings. The summed E-state index contributed by atoms with van der Waals surface area (Å²) in [5.41, 5.74) is 2.24. The molecule has 0 unspecified atom stereocenters. The van der Waals surface area contributed by atoms with Gasteiger partial charge in [-0.2, -0.15) is 0 Å². The SMILES string of the molecule is Cc1nc(-c2cccc(-n3sc(Cl)cc3=O)c2)c(Cl)s1. The van der Waals surface area contributed by atoms with Gasteiger partial charge in [-0.3, -0.25) is 4.79 Å². The van der Waals surface area contributed by atoms with Gasteiger partial charge >= 0.3 is 0 Å². The first kappa shape index (κ1) is 13.8. The van der Waals surface area contributed by atoms with Crippen molar-refractivity contribution in [3.05, 3.63) is 54.4 Å². The van der Waals surface area contributed by atoms with E-state index in [2.05, 4.69) is 4.98 Å². The molecule has 0 radical (unpaired) electrons. The second-order valence-electron chi connectivity index (χ2n) is 4.08. The fourth-order valence-corrected chi connectivity index (χ4v) is 3.99. The molecule has 0 bridgehead atoms. The number of nitrogens with zero attached hydrogens (tertiary/aromatic N) is 2. The van der Waals surface area contributed by atoms with Crippen LogP contribution in [-0.2, 0) is 0 Å². The molecule has 0 aliphatic carbocycles. The summed E-state index contributed by atoms with van der Waals surface area (Å²) in [6, 6.07) is 8.93. The van der Waals surface area contributed by atoms with Crippen molar-refractivity contribution in [1.82, 2.24) is 8.94 Å². The number of hydrogen-bond acceptors (Lipinski definition) is 4. The number of benzene rings is 1. The second-order valence-corrected chi connectivity index (χ2v) is 7.50. The van der Waals surface area contributed by atoms with Gasteiger partial charge in [-0.1, -0.05) is 35.3 Å². The molecular weight excluding hydrogens is 335 g/mol. The molecule has 20 heavy (non-hydrogen) atoms. The van der Waals surface area contributed by atoms with Crippen molar-refractivity contribution in [3.8, 4) is 16.9 Å². The minimum atomic E-state index is -0.141. The van der Waals surface area contributed by atoms with Gasteiger partial charge < -0.3 is 0 Å². The zero-order valence-corrected chi connectivity index (χ0v) is 13.4. The van der Waals surface area contributed by atoms with E-state index in [1.54, 1.807) is 3.96 Å². The van der Waals surface area contributed by atoms with Gasteiger partial charge in [0.1, 0.15) is 14.4 Å². The Balaban J connectivity index is 2.13. The van der Waals surface area contributed by atoms with Gasteiger partial charge in [0, 0.05) is 11.6 Å². The maximum atomic E-state index is 11.8. The molecule has 0 spiro atoms. The van der Waals surface area contributed by atoms with Crippen molar-refractivity contribution in [2.24, 2.45) is 0 Å². The van der Waals surface area contributed by atoms with Gasteiger partial charge in [0.2, 0.25) is 0 Å². The van der Waals surface area contributed by atoms with E-state index in [9.17, 15) is 4.79 Å². The molecule has 0 saturated heterocycles. The molecule has 1 aromatic carbocycles. The molecule has 2 heterocycles. The quantitative estimate of drug-likeness (QED) is 0.680. The Hall–Kier alpha value is -1.14. The van der Waals surface area contributed by atoms with Crippen molar-refractivity contribution >= 4 is 46.1 Å². The minimum Gasteiger partial charge on any atom is -0.268 e. The number of hydrogen-bond donors (Lipinski definition) is 0. The largest absolute Gasteiger partial charge is 0.268 e. The van der Waals surface area contributed by atoms with Gasteiger partial charge in [-0.15, -0.1) is 11.3 Å². The van der Waals surface area contributed by atoms with E-state index in [0.29, 0.717) is 8.67 Å². The van der Waals surface area contributed by atoms with E-state index in [1.807, 2.05) is 31.2 Å². The molecule has 0 amide bonds. The summed E-state index contributed by atoms with van der Waals surface area (Å²) in [6.45, 7) is 1.91. The summed E-state index contributed by atoms with van der Waals surface area (Å²) in [6.07, 6.45) is 0. The molecule has 7 heteroatoms. The van der Waals surface area contributed by atoms with Crippen LogP contribution in [-0.4, -0.2) is 8.94 Å². The summed E-state index contributed by atoms with van der Waals surface area (Å²) >= 11 is 14.7. The van der Waals surface area contributed by atoms with Gasteiger partial charge in [-0.25, -0.2) is 8.94 Å². The molecule has 0 saturated carbocycles. The maximum absolute atomic E-state index is 11.8. The van der Waals surface area contributed by atoms with Crippen molar-refractivity contribution in [2.75, 3.05) is 0 Å². The molecular formula is C13H8Cl2N2OS2. The Labute approximate surface area is 133 Å². The summed E-state index contributed by atoms with van der Waals surface area (Å²) in [4.78, 5) is 16.2. The van der Waals surface area contributed by atoms with E-state index >= 15 is 0 Å². The number of aromatic nitrogens is 2. The van der Waals surface area contributed by atoms with E-state index in [-0.39, 0.29) is 5.56 Å². The zero-order valence-electron chi connectivity index (χ0n) is 10.3. The molecule has 3 rings (SSSR count). The minimum absolute atomic E-state index is 0.141. The van der Waals surface area contributed by atoms with Gasteiger partial charge in [-0.05, 0) is 30.6 Å². The Morgan fingerprint density at radius 1 is 1.25 bits per heavy atom. The lowest BCUT2D eigenvalue weighted by Gasteiger charge is -2.03. The van der Waals surface area contributed by atoms with E-state index in [0.717, 1.165) is 22.0 Å². The third-order valence-electron chi connectivity index (χ3n) is 2.66. The first-order valence-electron chi connectivity index (χ1n) is 5.67. The number of thiazole rings is 1. The van der Waals surface area contributed by atoms with Crippen LogP contribution >= 0.6 is 46.1 Å². The first-order chi connectivity index (χ1) is 9.54. The normalized spacial score (nSPS) is 10.9. The Kier molecular flexibility index (Phi) is 3.69. The van der Waals surface area contributed by atoms with Crippen molar-refractivity contribution in [1.29, 1.82) is 0 Å². The first-order valence-corrected chi connectivity index (χ1v) is 8.02. The molecule has 0 fully saturated rings. The van der Waals surface area contributed by atoms with Crippen LogP contribution in [0.15, 0.2) is 35.1 Å². The number of halogens is 2. The average Bonchev–Trinajstić information content (AvgIpc) is 2.91. The van der Waals surface area contributed by atoms with Crippen molar-refractivity contribution in [3.63, 3.8) is 0 Å². The van der Waals surface area contributed by atoms with Crippen LogP contribution in [0.3, 0.4) is 0 Å². The highest BCUT2D eigenvalue weighted by atomic mass is 35.5. The Bertz CT molecular complexity index is 835. The summed E-state index contributed by atoms with van der Waals surface area (Å²) < 4.78 is 2.65. The van der Waals surface area contributed by atoms with Crippen LogP contribution in [0.25, 0.3) is 16.9 Å². The monoisotopic (exact) mass is 342 g/mol. The Morgan fingerprint density at radius 3 is 2.65 bits per heavy atom. The average molecular weight is 343 g/mol. The summed E-state index contributed by atoms with van der Waals surface area (Å²) in [5.74, 6) is 0. The predicted octanol–water partition coefficient (Wildman–Crippen LogP) is 4.64. The van der Waals surface area contributed by atoms with Crippen molar-refractivity contribution in [2.45, 2.75) is 6.92 Å². The highest BCUT2D eigenvalue weighted by Crippen LogP contribution is 2.33. The third kappa shape index (κ3) is 2.54. The van der Waals surface area contributed by atoms with E-state index in [4.69, 9.17) is 23.2 Å². The molecule has 0 aliphatic heterocycles. The molecule has 0 N–H and O–H groups in total. The lowest BCUT2D eigenvalue weighted by molar-refractivity contribution is 1.13. The lowest BCUT2D eigenvalue weighted by Crippen LogP contribution is -2.09. The zero-order chi connectivity index (χ0) is 14.3. The molecule has 0 atom stereocenters. The van der Waals surface area contributed by atoms with Crippen LogP contribution in [0, 0.1) is 6.92 Å². The fourth-order valence-electron chi connectivity index (χ4n) is 1.85. The Morgan fingerprint density at radius 2 is 2.05 bits per heavy atom. The number of aryl methyl sites for hydroxylation is 1. The second kappa shape index (κ2) is 5.33. The summed E-state index contributed by atoms with van der Waals surface area (Å²) in [7, 11) is 0. The lowest BCUT2D eigenvalue weighted by atomic mass is 10.1. The topological polar surface area (TPSA) is 34.9 Å². The summed E-state index contributed by atoms with van der Waals surface area (Å²) in [5, 5.41) is 0.909. The van der Waals surface area contributed by atoms with E-state index < -0.39 is 0 Å². The van der Waals surface area contributed by atoms with Crippen LogP contribution in [0.1, 0.15) is 5.01 Å². The van der Waals surface area contributed by atoms with Crippen LogP contribution in [0.2, 0.25) is 8.67 Å². The van der Waals surface area contributed by atoms with Crippen LogP contribution < -0.4 is 5.56 Å². The highest BCUT2D eigenvalue weighted by molar-refractivity contribution is 7.16. The van der Waals surface area contributed by atoms with Crippen LogP contribution in [0.5, 0.6) is 0 Å². The van der Waals surface area contributed by atoms with Crippen LogP contribution in [0.4, 0.5) is 0 Å². The predicted molar refractivity (Wildman–Crippen MR) is 85.8 cm³/mol. The molecule has 102 valence electrons. The van der Waals surface area contributed by atoms with Crippen molar-refractivity contribution < 1.29 is 0 Å². The highest BCUT2D eigenvalue weighted by Gasteiger charge is 2.11. The van der Waals surface area contributed by atoms with E-state index in [1.165, 1.54) is 28.9 Å². The maximum Gasteiger partial charge on any atom is 0.266 e. The standard InChI is InChI=1S/C13H8Cl2N2OS2/c1-7-16-12(13(15)19-7)8-3-2-4-9(5-8)17-11(18)6-10(14)20-17/h2-6H,1H3. The third-order valence-corrected chi connectivity index (χ3v) is 5.01. The van der Waals surface area contributed by atoms with Gasteiger partial charge in [0.25, 0.3) is 5.56 Å². The molecule has 2 aromatic heterocycles. The smallest absolute Gasteiger partial charge is 0.266 e. The molecule has 3 aromatic rings. The molecule has 3 nitrogen and oxygen atoms in total.